The summed E-state index contributed by atoms with van der Waals surface area (Å²) in [5, 5.41) is 1.62. The van der Waals surface area contributed by atoms with E-state index in [0.29, 0.717) is 6.42 Å². The third-order valence-electron chi connectivity index (χ3n) is 3.19. The molecule has 3 aromatic rings. The van der Waals surface area contributed by atoms with Crippen LogP contribution in [0.25, 0.3) is 10.2 Å². The fraction of sp³-hybridized carbons (Fsp3) is 0.188. The number of rotatable bonds is 3. The second-order valence-corrected chi connectivity index (χ2v) is 6.82. The highest BCUT2D eigenvalue weighted by molar-refractivity contribution is 7.18. The second kappa shape index (κ2) is 5.72. The van der Waals surface area contributed by atoms with E-state index in [0.717, 1.165) is 26.7 Å². The fourth-order valence-corrected chi connectivity index (χ4v) is 4.02. The van der Waals surface area contributed by atoms with Crippen LogP contribution in [0.3, 0.4) is 0 Å². The van der Waals surface area contributed by atoms with Gasteiger partial charge in [-0.1, -0.05) is 35.9 Å². The summed E-state index contributed by atoms with van der Waals surface area (Å²) in [5.41, 5.74) is 3.15. The van der Waals surface area contributed by atoms with Gasteiger partial charge >= 0.3 is 0 Å². The van der Waals surface area contributed by atoms with Gasteiger partial charge in [0.15, 0.2) is 0 Å². The molecule has 0 saturated carbocycles. The molecule has 1 unspecified atom stereocenters. The van der Waals surface area contributed by atoms with E-state index in [1.54, 1.807) is 11.3 Å². The van der Waals surface area contributed by atoms with Crippen molar-refractivity contribution < 1.29 is 0 Å². The van der Waals surface area contributed by atoms with Crippen molar-refractivity contribution >= 4 is 44.8 Å². The Hall–Kier alpha value is -1.09. The second-order valence-electron chi connectivity index (χ2n) is 4.77. The fourth-order valence-electron chi connectivity index (χ4n) is 2.16. The van der Waals surface area contributed by atoms with E-state index < -0.39 is 0 Å². The Bertz CT molecular complexity index is 718. The summed E-state index contributed by atoms with van der Waals surface area (Å²) in [5.74, 6) is 0. The highest BCUT2D eigenvalue weighted by Gasteiger charge is 2.15. The van der Waals surface area contributed by atoms with E-state index in [-0.39, 0.29) is 5.38 Å². The van der Waals surface area contributed by atoms with Gasteiger partial charge in [0.05, 0.1) is 20.6 Å². The molecule has 0 radical (unpaired) electrons. The molecule has 1 atom stereocenters. The number of hydrogen-bond acceptors (Lipinski definition) is 2. The number of benzene rings is 2. The van der Waals surface area contributed by atoms with Gasteiger partial charge in [0, 0.05) is 11.4 Å². The van der Waals surface area contributed by atoms with Crippen LogP contribution in [0.5, 0.6) is 0 Å². The van der Waals surface area contributed by atoms with Crippen LogP contribution in [0.15, 0.2) is 42.5 Å². The van der Waals surface area contributed by atoms with E-state index >= 15 is 0 Å². The number of aromatic nitrogens is 1. The van der Waals surface area contributed by atoms with Crippen molar-refractivity contribution in [3.63, 3.8) is 0 Å². The van der Waals surface area contributed by atoms with E-state index in [9.17, 15) is 0 Å². The number of fused-ring (bicyclic) bond motifs is 1. The molecule has 0 fully saturated rings. The number of aryl methyl sites for hydroxylation is 1. The van der Waals surface area contributed by atoms with Crippen molar-refractivity contribution in [2.24, 2.45) is 0 Å². The van der Waals surface area contributed by atoms with Crippen molar-refractivity contribution in [1.82, 2.24) is 4.98 Å². The van der Waals surface area contributed by atoms with Crippen LogP contribution in [0, 0.1) is 6.92 Å². The van der Waals surface area contributed by atoms with Crippen LogP contribution < -0.4 is 0 Å². The Morgan fingerprint density at radius 2 is 2.00 bits per heavy atom. The number of halogens is 2. The Kier molecular flexibility index (Phi) is 3.97. The molecule has 4 heteroatoms. The summed E-state index contributed by atoms with van der Waals surface area (Å²) in [6, 6.07) is 14.1. The molecule has 1 heterocycles. The molecule has 3 rings (SSSR count). The predicted molar refractivity (Wildman–Crippen MR) is 88.1 cm³/mol. The number of hydrogen-bond donors (Lipinski definition) is 0. The Balaban J connectivity index is 1.86. The zero-order chi connectivity index (χ0) is 14.1. The van der Waals surface area contributed by atoms with Crippen molar-refractivity contribution in [2.75, 3.05) is 0 Å². The Morgan fingerprint density at radius 3 is 2.75 bits per heavy atom. The first-order valence-electron chi connectivity index (χ1n) is 6.38. The lowest BCUT2D eigenvalue weighted by Crippen LogP contribution is -1.96. The standard InChI is InChI=1S/C16H13Cl2NS/c1-10-6-7-11(12(17)8-10)13(18)9-16-19-14-4-2-3-5-15(14)20-16/h2-8,13H,9H2,1H3. The molecule has 0 bridgehead atoms. The molecule has 1 aromatic heterocycles. The molecule has 2 aromatic carbocycles. The molecule has 0 aliphatic carbocycles. The highest BCUT2D eigenvalue weighted by atomic mass is 35.5. The van der Waals surface area contributed by atoms with E-state index in [2.05, 4.69) is 11.1 Å². The Morgan fingerprint density at radius 1 is 1.20 bits per heavy atom. The Labute approximate surface area is 132 Å². The molecular formula is C16H13Cl2NS. The monoisotopic (exact) mass is 321 g/mol. The van der Waals surface area contributed by atoms with Crippen molar-refractivity contribution in [3.8, 4) is 0 Å². The first-order valence-corrected chi connectivity index (χ1v) is 8.01. The topological polar surface area (TPSA) is 12.9 Å². The predicted octanol–water partition coefficient (Wildman–Crippen LogP) is 5.78. The number of thiazole rings is 1. The molecule has 0 saturated heterocycles. The molecular weight excluding hydrogens is 309 g/mol. The lowest BCUT2D eigenvalue weighted by molar-refractivity contribution is 0.910. The van der Waals surface area contributed by atoms with Crippen LogP contribution in [-0.2, 0) is 6.42 Å². The number of nitrogens with zero attached hydrogens (tertiary/aromatic N) is 1. The minimum Gasteiger partial charge on any atom is -0.241 e. The quantitative estimate of drug-likeness (QED) is 0.557. The summed E-state index contributed by atoms with van der Waals surface area (Å²) in [4.78, 5) is 4.62. The average molecular weight is 322 g/mol. The van der Waals surface area contributed by atoms with Crippen LogP contribution in [-0.4, -0.2) is 4.98 Å². The molecule has 0 spiro atoms. The van der Waals surface area contributed by atoms with Gasteiger partial charge in [-0.2, -0.15) is 0 Å². The molecule has 20 heavy (non-hydrogen) atoms. The van der Waals surface area contributed by atoms with Crippen LogP contribution in [0.1, 0.15) is 21.5 Å². The smallest absolute Gasteiger partial charge is 0.0956 e. The van der Waals surface area contributed by atoms with Crippen LogP contribution >= 0.6 is 34.5 Å². The van der Waals surface area contributed by atoms with Gasteiger partial charge in [0.25, 0.3) is 0 Å². The zero-order valence-electron chi connectivity index (χ0n) is 10.9. The number of alkyl halides is 1. The third kappa shape index (κ3) is 2.83. The van der Waals surface area contributed by atoms with E-state index in [1.807, 2.05) is 43.3 Å². The molecule has 0 N–H and O–H groups in total. The maximum absolute atomic E-state index is 6.51. The van der Waals surface area contributed by atoms with Gasteiger partial charge in [-0.15, -0.1) is 22.9 Å². The first-order chi connectivity index (χ1) is 9.63. The molecule has 0 aliphatic rings. The minimum atomic E-state index is -0.149. The van der Waals surface area contributed by atoms with E-state index in [1.165, 1.54) is 4.70 Å². The molecule has 0 amide bonds. The maximum atomic E-state index is 6.51. The highest BCUT2D eigenvalue weighted by Crippen LogP contribution is 2.33. The lowest BCUT2D eigenvalue weighted by Gasteiger charge is -2.10. The summed E-state index contributed by atoms with van der Waals surface area (Å²) in [7, 11) is 0. The van der Waals surface area contributed by atoms with Crippen molar-refractivity contribution in [3.05, 3.63) is 63.6 Å². The van der Waals surface area contributed by atoms with Gasteiger partial charge in [0.2, 0.25) is 0 Å². The summed E-state index contributed by atoms with van der Waals surface area (Å²) in [6.07, 6.45) is 0.698. The summed E-state index contributed by atoms with van der Waals surface area (Å²) in [6.45, 7) is 2.02. The SMILES string of the molecule is Cc1ccc(C(Cl)Cc2nc3ccccc3s2)c(Cl)c1. The van der Waals surface area contributed by atoms with Crippen LogP contribution in [0.4, 0.5) is 0 Å². The van der Waals surface area contributed by atoms with Gasteiger partial charge in [0.1, 0.15) is 0 Å². The van der Waals surface area contributed by atoms with Gasteiger partial charge in [-0.3, -0.25) is 0 Å². The molecule has 0 aliphatic heterocycles. The molecule has 102 valence electrons. The van der Waals surface area contributed by atoms with E-state index in [4.69, 9.17) is 23.2 Å². The first kappa shape index (κ1) is 13.9. The van der Waals surface area contributed by atoms with Gasteiger partial charge in [-0.25, -0.2) is 4.98 Å². The molecule has 1 nitrogen and oxygen atoms in total. The van der Waals surface area contributed by atoms with Gasteiger partial charge < -0.3 is 0 Å². The normalized spacial score (nSPS) is 12.8. The summed E-state index contributed by atoms with van der Waals surface area (Å²) >= 11 is 14.5. The van der Waals surface area contributed by atoms with Crippen molar-refractivity contribution in [2.45, 2.75) is 18.7 Å². The van der Waals surface area contributed by atoms with Crippen LogP contribution in [0.2, 0.25) is 5.02 Å². The maximum Gasteiger partial charge on any atom is 0.0956 e. The lowest BCUT2D eigenvalue weighted by atomic mass is 10.1. The zero-order valence-corrected chi connectivity index (χ0v) is 13.3. The average Bonchev–Trinajstić information content (AvgIpc) is 2.80. The largest absolute Gasteiger partial charge is 0.241 e. The number of para-hydroxylation sites is 1. The summed E-state index contributed by atoms with van der Waals surface area (Å²) < 4.78 is 1.20. The minimum absolute atomic E-state index is 0.149. The third-order valence-corrected chi connectivity index (χ3v) is 4.96. The van der Waals surface area contributed by atoms with Crippen molar-refractivity contribution in [1.29, 1.82) is 0 Å². The van der Waals surface area contributed by atoms with Gasteiger partial charge in [-0.05, 0) is 36.2 Å².